The van der Waals surface area contributed by atoms with Crippen molar-refractivity contribution in [2.75, 3.05) is 10.9 Å². The van der Waals surface area contributed by atoms with Crippen LogP contribution in [0.5, 0.6) is 0 Å². The molecule has 25 heavy (non-hydrogen) atoms. The summed E-state index contributed by atoms with van der Waals surface area (Å²) < 4.78 is 13.8. The third kappa shape index (κ3) is 3.74. The maximum absolute atomic E-state index is 13.8. The highest BCUT2D eigenvalue weighted by Crippen LogP contribution is 2.59. The molecule has 2 aromatic rings. The lowest BCUT2D eigenvalue weighted by atomic mass is 10.0. The molecule has 0 amide bonds. The minimum absolute atomic E-state index is 0.165. The van der Waals surface area contributed by atoms with E-state index in [9.17, 15) is 4.57 Å². The summed E-state index contributed by atoms with van der Waals surface area (Å²) in [6, 6.07) is 19.6. The first kappa shape index (κ1) is 16.6. The van der Waals surface area contributed by atoms with Gasteiger partial charge >= 0.3 is 0 Å². The monoisotopic (exact) mass is 356 g/mol. The second-order valence-electron chi connectivity index (χ2n) is 7.11. The first-order chi connectivity index (χ1) is 12.2. The van der Waals surface area contributed by atoms with Crippen molar-refractivity contribution in [2.24, 2.45) is 11.8 Å². The van der Waals surface area contributed by atoms with E-state index in [1.807, 2.05) is 60.7 Å². The summed E-state index contributed by atoms with van der Waals surface area (Å²) in [7, 11) is -2.86. The van der Waals surface area contributed by atoms with E-state index in [1.165, 1.54) is 19.3 Å². The molecule has 2 fully saturated rings. The molecule has 5 nitrogen and oxygen atoms in total. The molecule has 0 heterocycles. The quantitative estimate of drug-likeness (QED) is 0.431. The van der Waals surface area contributed by atoms with Crippen molar-refractivity contribution in [3.05, 3.63) is 60.7 Å². The highest BCUT2D eigenvalue weighted by atomic mass is 31.2. The van der Waals surface area contributed by atoms with Crippen LogP contribution in [0.3, 0.4) is 0 Å². The average molecular weight is 356 g/mol. The third-order valence-corrected chi connectivity index (χ3v) is 7.90. The summed E-state index contributed by atoms with van der Waals surface area (Å²) in [4.78, 5) is 0. The van der Waals surface area contributed by atoms with Crippen LogP contribution in [0.15, 0.2) is 60.7 Å². The Kier molecular flexibility index (Phi) is 4.80. The summed E-state index contributed by atoms with van der Waals surface area (Å²) in [5, 5.41) is 6.28. The molecule has 3 atom stereocenters. The summed E-state index contributed by atoms with van der Waals surface area (Å²) in [6.07, 6.45) is 4.74. The zero-order chi connectivity index (χ0) is 17.1. The fraction of sp³-hybridized carbons (Fsp3) is 0.368. The van der Waals surface area contributed by atoms with E-state index in [0.717, 1.165) is 23.7 Å². The van der Waals surface area contributed by atoms with E-state index in [0.29, 0.717) is 5.92 Å². The van der Waals surface area contributed by atoms with Crippen molar-refractivity contribution in [1.82, 2.24) is 10.4 Å². The maximum Gasteiger partial charge on any atom is 0.248 e. The zero-order valence-electron chi connectivity index (χ0n) is 14.2. The van der Waals surface area contributed by atoms with Crippen LogP contribution in [0, 0.1) is 11.8 Å². The van der Waals surface area contributed by atoms with Crippen LogP contribution in [-0.2, 0) is 4.57 Å². The number of anilines is 2. The number of fused-ring (bicyclic) bond motifs is 2. The van der Waals surface area contributed by atoms with Gasteiger partial charge in [-0.1, -0.05) is 42.8 Å². The normalized spacial score (nSPS) is 25.0. The third-order valence-electron chi connectivity index (χ3n) is 5.45. The minimum Gasteiger partial charge on any atom is -0.315 e. The van der Waals surface area contributed by atoms with Crippen LogP contribution >= 0.6 is 7.44 Å². The Morgan fingerprint density at radius 1 is 0.760 bits per heavy atom. The van der Waals surface area contributed by atoms with Crippen LogP contribution in [0.4, 0.5) is 11.4 Å². The Morgan fingerprint density at radius 3 is 1.76 bits per heavy atom. The molecule has 0 radical (unpaired) electrons. The van der Waals surface area contributed by atoms with E-state index in [-0.39, 0.29) is 5.66 Å². The highest BCUT2D eigenvalue weighted by molar-refractivity contribution is 7.60. The summed E-state index contributed by atoms with van der Waals surface area (Å²) in [6.45, 7) is 0. The lowest BCUT2D eigenvalue weighted by molar-refractivity contribution is 0.456. The Bertz CT molecular complexity index is 692. The number of rotatable bonds is 7. The molecule has 0 aromatic heterocycles. The summed E-state index contributed by atoms with van der Waals surface area (Å²) >= 11 is 0. The highest BCUT2D eigenvalue weighted by Gasteiger charge is 2.48. The van der Waals surface area contributed by atoms with Gasteiger partial charge in [-0.05, 0) is 55.4 Å². The molecule has 0 aliphatic heterocycles. The summed E-state index contributed by atoms with van der Waals surface area (Å²) in [5.74, 6) is 1.28. The zero-order valence-corrected chi connectivity index (χ0v) is 15.1. The molecule has 2 saturated carbocycles. The molecule has 2 aromatic carbocycles. The molecule has 2 bridgehead atoms. The Hall–Kier alpha value is -1.81. The van der Waals surface area contributed by atoms with Crippen LogP contribution < -0.4 is 21.2 Å². The van der Waals surface area contributed by atoms with Crippen LogP contribution in [0.25, 0.3) is 0 Å². The van der Waals surface area contributed by atoms with Crippen molar-refractivity contribution in [2.45, 2.75) is 31.3 Å². The van der Waals surface area contributed by atoms with Crippen LogP contribution in [0.1, 0.15) is 25.7 Å². The Labute approximate surface area is 149 Å². The van der Waals surface area contributed by atoms with E-state index < -0.39 is 7.44 Å². The standard InChI is InChI=1S/C19H25N4OP/c24-25(19-14-15-11-12-16(19)13-15,22-20-17-7-3-1-4-8-17)23-21-18-9-5-2-6-10-18/h1-10,15-16,19-21H,11-14H2,(H2,22,23,24)/t15-,16+,19+/m1/s1. The minimum atomic E-state index is -2.86. The van der Waals surface area contributed by atoms with Gasteiger partial charge in [0.05, 0.1) is 0 Å². The second kappa shape index (κ2) is 7.20. The van der Waals surface area contributed by atoms with Gasteiger partial charge in [0.2, 0.25) is 7.44 Å². The molecule has 2 aliphatic carbocycles. The van der Waals surface area contributed by atoms with E-state index in [4.69, 9.17) is 0 Å². The molecular weight excluding hydrogens is 331 g/mol. The molecule has 0 saturated heterocycles. The molecule has 4 N–H and O–H groups in total. The summed E-state index contributed by atoms with van der Waals surface area (Å²) in [5.41, 5.74) is 8.27. The molecule has 132 valence electrons. The van der Waals surface area contributed by atoms with Crippen molar-refractivity contribution in [3.63, 3.8) is 0 Å². The van der Waals surface area contributed by atoms with Crippen LogP contribution in [-0.4, -0.2) is 5.66 Å². The predicted octanol–water partition coefficient (Wildman–Crippen LogP) is 4.60. The number of hydrogen-bond donors (Lipinski definition) is 4. The van der Waals surface area contributed by atoms with E-state index in [2.05, 4.69) is 21.2 Å². The molecule has 4 rings (SSSR count). The van der Waals surface area contributed by atoms with Gasteiger partial charge in [-0.2, -0.15) is 10.4 Å². The second-order valence-corrected chi connectivity index (χ2v) is 9.53. The van der Waals surface area contributed by atoms with Crippen LogP contribution in [0.2, 0.25) is 0 Å². The first-order valence-corrected chi connectivity index (χ1v) is 10.8. The van der Waals surface area contributed by atoms with Gasteiger partial charge in [-0.3, -0.25) is 4.57 Å². The van der Waals surface area contributed by atoms with Gasteiger partial charge in [-0.15, -0.1) is 0 Å². The van der Waals surface area contributed by atoms with Gasteiger partial charge in [-0.25, -0.2) is 0 Å². The van der Waals surface area contributed by atoms with Gasteiger partial charge in [0.25, 0.3) is 0 Å². The van der Waals surface area contributed by atoms with Gasteiger partial charge < -0.3 is 10.9 Å². The van der Waals surface area contributed by atoms with Gasteiger partial charge in [0, 0.05) is 17.0 Å². The number of nitrogens with one attached hydrogen (secondary N) is 4. The number of para-hydroxylation sites is 2. The Balaban J connectivity index is 1.49. The molecule has 6 heteroatoms. The topological polar surface area (TPSA) is 65.2 Å². The molecule has 0 spiro atoms. The predicted molar refractivity (Wildman–Crippen MR) is 103 cm³/mol. The van der Waals surface area contributed by atoms with E-state index in [1.54, 1.807) is 0 Å². The number of benzene rings is 2. The van der Waals surface area contributed by atoms with Crippen molar-refractivity contribution >= 4 is 18.8 Å². The average Bonchev–Trinajstić information content (AvgIpc) is 3.30. The van der Waals surface area contributed by atoms with Gasteiger partial charge in [0.15, 0.2) is 0 Å². The Morgan fingerprint density at radius 2 is 1.32 bits per heavy atom. The number of hydrazine groups is 2. The fourth-order valence-corrected chi connectivity index (χ4v) is 6.63. The molecular formula is C19H25N4OP. The molecule has 2 aliphatic rings. The fourth-order valence-electron chi connectivity index (χ4n) is 4.19. The van der Waals surface area contributed by atoms with Crippen molar-refractivity contribution < 1.29 is 4.57 Å². The molecule has 0 unspecified atom stereocenters. The number of hydrogen-bond acceptors (Lipinski definition) is 3. The maximum atomic E-state index is 13.8. The smallest absolute Gasteiger partial charge is 0.248 e. The van der Waals surface area contributed by atoms with Gasteiger partial charge in [0.1, 0.15) is 0 Å². The first-order valence-electron chi connectivity index (χ1n) is 8.99. The SMILES string of the molecule is O=P(NNc1ccccc1)(NNc1ccccc1)[C@H]1C[C@@H]2CC[C@H]1C2. The lowest BCUT2D eigenvalue weighted by Gasteiger charge is -2.32. The van der Waals surface area contributed by atoms with Crippen molar-refractivity contribution in [3.8, 4) is 0 Å². The van der Waals surface area contributed by atoms with E-state index >= 15 is 0 Å². The largest absolute Gasteiger partial charge is 0.315 e. The lowest BCUT2D eigenvalue weighted by Crippen LogP contribution is -2.38. The van der Waals surface area contributed by atoms with Crippen molar-refractivity contribution in [1.29, 1.82) is 0 Å².